The summed E-state index contributed by atoms with van der Waals surface area (Å²) in [6.07, 6.45) is 0.513. The minimum Gasteiger partial charge on any atom is -0.337 e. The summed E-state index contributed by atoms with van der Waals surface area (Å²) in [5.41, 5.74) is 2.06. The molecule has 1 saturated heterocycles. The molecule has 9 heteroatoms. The molecule has 0 N–H and O–H groups in total. The predicted octanol–water partition coefficient (Wildman–Crippen LogP) is 2.41. The van der Waals surface area contributed by atoms with Gasteiger partial charge in [0.2, 0.25) is 0 Å². The van der Waals surface area contributed by atoms with E-state index in [0.717, 1.165) is 23.4 Å². The van der Waals surface area contributed by atoms with Gasteiger partial charge in [0.15, 0.2) is 9.84 Å². The molecule has 1 amide bonds. The van der Waals surface area contributed by atoms with Crippen molar-refractivity contribution in [2.45, 2.75) is 32.9 Å². The molecule has 6 nitrogen and oxygen atoms in total. The second-order valence-electron chi connectivity index (χ2n) is 6.94. The molecule has 1 aromatic heterocycles. The van der Waals surface area contributed by atoms with Crippen molar-refractivity contribution in [3.63, 3.8) is 0 Å². The van der Waals surface area contributed by atoms with E-state index in [1.54, 1.807) is 11.6 Å². The van der Waals surface area contributed by atoms with Gasteiger partial charge in [-0.25, -0.2) is 17.2 Å². The fraction of sp³-hybridized carbons (Fsp3) is 0.444. The minimum absolute atomic E-state index is 0.0595. The first kappa shape index (κ1) is 19.5. The van der Waals surface area contributed by atoms with E-state index in [2.05, 4.69) is 5.10 Å². The number of hydrogen-bond acceptors (Lipinski definition) is 4. The van der Waals surface area contributed by atoms with Crippen LogP contribution >= 0.6 is 0 Å². The zero-order valence-corrected chi connectivity index (χ0v) is 16.2. The van der Waals surface area contributed by atoms with Crippen molar-refractivity contribution in [2.75, 3.05) is 18.6 Å². The van der Waals surface area contributed by atoms with Crippen LogP contribution in [0.25, 0.3) is 0 Å². The first-order valence-corrected chi connectivity index (χ1v) is 10.4. The Balaban J connectivity index is 1.82. The van der Waals surface area contributed by atoms with Crippen LogP contribution in [0.3, 0.4) is 0 Å². The van der Waals surface area contributed by atoms with Gasteiger partial charge in [0.05, 0.1) is 28.8 Å². The third kappa shape index (κ3) is 3.87. The van der Waals surface area contributed by atoms with Crippen molar-refractivity contribution in [3.05, 3.63) is 52.3 Å². The van der Waals surface area contributed by atoms with Gasteiger partial charge in [-0.1, -0.05) is 0 Å². The lowest BCUT2D eigenvalue weighted by Crippen LogP contribution is -2.27. The third-order valence-electron chi connectivity index (χ3n) is 4.93. The maximum Gasteiger partial charge on any atom is 0.256 e. The normalized spacial score (nSPS) is 18.6. The van der Waals surface area contributed by atoms with Gasteiger partial charge in [-0.05, 0) is 32.4 Å². The Kier molecular flexibility index (Phi) is 5.07. The lowest BCUT2D eigenvalue weighted by Gasteiger charge is -2.18. The van der Waals surface area contributed by atoms with Crippen LogP contribution in [0.4, 0.5) is 8.78 Å². The molecular weight excluding hydrogens is 376 g/mol. The van der Waals surface area contributed by atoms with Crippen LogP contribution in [-0.4, -0.2) is 47.6 Å². The van der Waals surface area contributed by atoms with Crippen molar-refractivity contribution in [2.24, 2.45) is 0 Å². The summed E-state index contributed by atoms with van der Waals surface area (Å²) in [5.74, 6) is -2.02. The summed E-state index contributed by atoms with van der Waals surface area (Å²) in [6, 6.07) is 2.63. The fourth-order valence-electron chi connectivity index (χ4n) is 3.43. The van der Waals surface area contributed by atoms with Gasteiger partial charge in [0.1, 0.15) is 11.6 Å². The van der Waals surface area contributed by atoms with Crippen molar-refractivity contribution in [3.8, 4) is 0 Å². The highest BCUT2D eigenvalue weighted by Gasteiger charge is 2.31. The molecule has 0 saturated carbocycles. The van der Waals surface area contributed by atoms with E-state index in [1.807, 2.05) is 6.92 Å². The number of carbonyl (C=O) groups excluding carboxylic acids is 1. The van der Waals surface area contributed by atoms with Crippen LogP contribution in [0.2, 0.25) is 0 Å². The van der Waals surface area contributed by atoms with Crippen molar-refractivity contribution in [1.29, 1.82) is 0 Å². The Hall–Kier alpha value is -2.29. The molecule has 2 heterocycles. The van der Waals surface area contributed by atoms with Gasteiger partial charge in [0.25, 0.3) is 5.91 Å². The van der Waals surface area contributed by atoms with E-state index in [-0.39, 0.29) is 29.7 Å². The first-order chi connectivity index (χ1) is 12.6. The third-order valence-corrected chi connectivity index (χ3v) is 6.68. The van der Waals surface area contributed by atoms with Crippen LogP contribution in [0.5, 0.6) is 0 Å². The van der Waals surface area contributed by atoms with E-state index in [1.165, 1.54) is 11.9 Å². The lowest BCUT2D eigenvalue weighted by molar-refractivity contribution is 0.0780. The van der Waals surface area contributed by atoms with E-state index in [0.29, 0.717) is 18.2 Å². The quantitative estimate of drug-likeness (QED) is 0.794. The number of carbonyl (C=O) groups is 1. The van der Waals surface area contributed by atoms with Crippen LogP contribution in [0.15, 0.2) is 18.2 Å². The SMILES string of the molecule is Cc1nn([C@H]2CCS(=O)(=O)C2)c(C)c1CN(C)C(=O)c1ccc(F)cc1F. The van der Waals surface area contributed by atoms with Crippen LogP contribution in [0, 0.1) is 25.5 Å². The predicted molar refractivity (Wildman–Crippen MR) is 96.2 cm³/mol. The molecule has 0 spiro atoms. The number of nitrogens with zero attached hydrogens (tertiary/aromatic N) is 3. The Morgan fingerprint density at radius 3 is 2.63 bits per heavy atom. The number of hydrogen-bond donors (Lipinski definition) is 0. The average molecular weight is 397 g/mol. The molecule has 1 fully saturated rings. The number of amides is 1. The Morgan fingerprint density at radius 1 is 1.33 bits per heavy atom. The molecular formula is C18H21F2N3O3S. The maximum absolute atomic E-state index is 13.9. The number of rotatable bonds is 4. The van der Waals surface area contributed by atoms with Crippen molar-refractivity contribution < 1.29 is 22.0 Å². The van der Waals surface area contributed by atoms with Gasteiger partial charge in [0, 0.05) is 30.9 Å². The molecule has 1 aliphatic heterocycles. The molecule has 3 rings (SSSR count). The van der Waals surface area contributed by atoms with E-state index < -0.39 is 27.4 Å². The van der Waals surface area contributed by atoms with Crippen molar-refractivity contribution >= 4 is 15.7 Å². The largest absolute Gasteiger partial charge is 0.337 e. The van der Waals surface area contributed by atoms with Gasteiger partial charge < -0.3 is 4.90 Å². The van der Waals surface area contributed by atoms with Crippen molar-refractivity contribution in [1.82, 2.24) is 14.7 Å². The summed E-state index contributed by atoms with van der Waals surface area (Å²) in [5, 5.41) is 4.46. The van der Waals surface area contributed by atoms with Crippen LogP contribution < -0.4 is 0 Å². The number of sulfone groups is 1. The van der Waals surface area contributed by atoms with E-state index in [9.17, 15) is 22.0 Å². The molecule has 1 aromatic carbocycles. The van der Waals surface area contributed by atoms with Crippen LogP contribution in [0.1, 0.15) is 39.8 Å². The lowest BCUT2D eigenvalue weighted by atomic mass is 10.1. The number of halogens is 2. The average Bonchev–Trinajstić information content (AvgIpc) is 3.07. The van der Waals surface area contributed by atoms with Gasteiger partial charge >= 0.3 is 0 Å². The fourth-order valence-corrected chi connectivity index (χ4v) is 5.12. The summed E-state index contributed by atoms with van der Waals surface area (Å²) in [6.45, 7) is 3.81. The summed E-state index contributed by atoms with van der Waals surface area (Å²) in [4.78, 5) is 13.8. The monoisotopic (exact) mass is 397 g/mol. The molecule has 1 atom stereocenters. The molecule has 146 valence electrons. The molecule has 0 bridgehead atoms. The molecule has 0 radical (unpaired) electrons. The minimum atomic E-state index is -3.04. The molecule has 0 unspecified atom stereocenters. The van der Waals surface area contributed by atoms with E-state index >= 15 is 0 Å². The second-order valence-corrected chi connectivity index (χ2v) is 9.16. The highest BCUT2D eigenvalue weighted by molar-refractivity contribution is 7.91. The first-order valence-electron chi connectivity index (χ1n) is 8.54. The molecule has 1 aliphatic rings. The second kappa shape index (κ2) is 7.03. The van der Waals surface area contributed by atoms with Gasteiger partial charge in [-0.2, -0.15) is 5.10 Å². The topological polar surface area (TPSA) is 72.3 Å². The number of aryl methyl sites for hydroxylation is 1. The standard InChI is InChI=1S/C18H21F2N3O3S/c1-11-16(12(2)23(21-11)14-6-7-27(25,26)10-14)9-22(3)18(24)15-5-4-13(19)8-17(15)20/h4-5,8,14H,6-7,9-10H2,1-3H3/t14-/m0/s1. The zero-order chi connectivity index (χ0) is 19.9. The number of aromatic nitrogens is 2. The zero-order valence-electron chi connectivity index (χ0n) is 15.4. The molecule has 0 aliphatic carbocycles. The van der Waals surface area contributed by atoms with Gasteiger partial charge in [-0.3, -0.25) is 9.48 Å². The van der Waals surface area contributed by atoms with Gasteiger partial charge in [-0.15, -0.1) is 0 Å². The molecule has 27 heavy (non-hydrogen) atoms. The summed E-state index contributed by atoms with van der Waals surface area (Å²) < 4.78 is 52.1. The molecule has 2 aromatic rings. The highest BCUT2D eigenvalue weighted by atomic mass is 32.2. The smallest absolute Gasteiger partial charge is 0.256 e. The summed E-state index contributed by atoms with van der Waals surface area (Å²) >= 11 is 0. The Labute approximate surface area is 156 Å². The maximum atomic E-state index is 13.9. The summed E-state index contributed by atoms with van der Waals surface area (Å²) in [7, 11) is -1.51. The Bertz CT molecular complexity index is 1000. The number of benzene rings is 1. The highest BCUT2D eigenvalue weighted by Crippen LogP contribution is 2.27. The Morgan fingerprint density at radius 2 is 2.04 bits per heavy atom. The van der Waals surface area contributed by atoms with E-state index in [4.69, 9.17) is 0 Å². The van der Waals surface area contributed by atoms with Crippen LogP contribution in [-0.2, 0) is 16.4 Å².